The Balaban J connectivity index is 1.68. The van der Waals surface area contributed by atoms with E-state index in [4.69, 9.17) is 9.16 Å². The lowest BCUT2D eigenvalue weighted by molar-refractivity contribution is -0.00554. The van der Waals surface area contributed by atoms with Gasteiger partial charge in [0.1, 0.15) is 6.10 Å². The van der Waals surface area contributed by atoms with Gasteiger partial charge in [-0.05, 0) is 35.3 Å². The smallest absolute Gasteiger partial charge is 0.261 e. The zero-order valence-corrected chi connectivity index (χ0v) is 26.7. The summed E-state index contributed by atoms with van der Waals surface area (Å²) >= 11 is 0. The first-order valence-electron chi connectivity index (χ1n) is 14.7. The SMILES string of the molecule is C[C@@H]1CN(c2c(CO[Si](c3ccccc3)(c3ccccc3)C(C)(C)C)cc(C(O)c3cncn3C)c(F)c2F)C[C@H](C)O1. The van der Waals surface area contributed by atoms with Crippen LogP contribution in [0.15, 0.2) is 79.3 Å². The largest absolute Gasteiger partial charge is 0.403 e. The Morgan fingerprint density at radius 3 is 2.02 bits per heavy atom. The number of morpholine rings is 1. The van der Waals surface area contributed by atoms with Crippen molar-refractivity contribution in [2.24, 2.45) is 7.05 Å². The molecule has 5 rings (SSSR count). The van der Waals surface area contributed by atoms with Gasteiger partial charge in [-0.25, -0.2) is 13.8 Å². The number of nitrogens with zero attached hydrogens (tertiary/aromatic N) is 3. The number of imidazole rings is 1. The van der Waals surface area contributed by atoms with Gasteiger partial charge in [-0.3, -0.25) is 0 Å². The fraction of sp³-hybridized carbons (Fsp3) is 0.382. The van der Waals surface area contributed by atoms with Gasteiger partial charge in [-0.15, -0.1) is 0 Å². The first-order valence-corrected chi connectivity index (χ1v) is 16.6. The number of anilines is 1. The van der Waals surface area contributed by atoms with E-state index >= 15 is 8.78 Å². The molecule has 9 heteroatoms. The van der Waals surface area contributed by atoms with Crippen LogP contribution in [0.3, 0.4) is 0 Å². The summed E-state index contributed by atoms with van der Waals surface area (Å²) in [5.74, 6) is -2.08. The van der Waals surface area contributed by atoms with Gasteiger partial charge < -0.3 is 23.7 Å². The number of halogens is 2. The number of ether oxygens (including phenoxy) is 1. The van der Waals surface area contributed by atoms with Gasteiger partial charge in [0.2, 0.25) is 0 Å². The van der Waals surface area contributed by atoms with E-state index in [2.05, 4.69) is 50.0 Å². The maximum atomic E-state index is 16.3. The second kappa shape index (κ2) is 12.3. The maximum absolute atomic E-state index is 16.3. The average molecular weight is 606 g/mol. The van der Waals surface area contributed by atoms with Gasteiger partial charge in [0.15, 0.2) is 11.6 Å². The minimum absolute atomic E-state index is 0.0189. The molecule has 1 aromatic heterocycles. The van der Waals surface area contributed by atoms with Crippen LogP contribution in [0.5, 0.6) is 0 Å². The Hall–Kier alpha value is -3.37. The maximum Gasteiger partial charge on any atom is 0.261 e. The lowest BCUT2D eigenvalue weighted by atomic mass is 10.00. The summed E-state index contributed by atoms with van der Waals surface area (Å²) in [7, 11) is -1.30. The fourth-order valence-electron chi connectivity index (χ4n) is 6.44. The highest BCUT2D eigenvalue weighted by Crippen LogP contribution is 2.40. The standard InChI is InChI=1S/C34H41F2N3O3Si/c1-23-19-39(20-24(2)42-23)32-25(17-28(30(35)31(32)36)33(40)29-18-37-22-38(29)6)21-41-43(34(3,4)5,26-13-9-7-10-14-26)27-15-11-8-12-16-27/h7-18,22-24,33,40H,19-21H2,1-6H3/t23-,24+,33?. The van der Waals surface area contributed by atoms with Gasteiger partial charge in [0.05, 0.1) is 42.7 Å². The molecule has 0 amide bonds. The van der Waals surface area contributed by atoms with Gasteiger partial charge in [-0.1, -0.05) is 81.4 Å². The Bertz CT molecular complexity index is 1490. The normalized spacial score (nSPS) is 18.6. The molecule has 1 aliphatic rings. The van der Waals surface area contributed by atoms with Crippen LogP contribution in [-0.4, -0.2) is 48.3 Å². The van der Waals surface area contributed by atoms with Crippen LogP contribution >= 0.6 is 0 Å². The Morgan fingerprint density at radius 1 is 0.977 bits per heavy atom. The molecule has 0 aliphatic carbocycles. The zero-order chi connectivity index (χ0) is 30.9. The number of benzene rings is 3. The van der Waals surface area contributed by atoms with Gasteiger partial charge in [-0.2, -0.15) is 0 Å². The summed E-state index contributed by atoms with van der Waals surface area (Å²) in [6.45, 7) is 11.2. The number of aromatic nitrogens is 2. The summed E-state index contributed by atoms with van der Waals surface area (Å²) in [5, 5.41) is 13.1. The molecule has 3 aromatic carbocycles. The molecule has 1 fully saturated rings. The molecule has 4 aromatic rings. The quantitative estimate of drug-likeness (QED) is 0.270. The molecule has 0 radical (unpaired) electrons. The second-order valence-corrected chi connectivity index (χ2v) is 16.9. The van der Waals surface area contributed by atoms with E-state index in [1.54, 1.807) is 17.7 Å². The number of aliphatic hydroxyl groups is 1. The molecular formula is C34H41F2N3O3Si. The van der Waals surface area contributed by atoms with Crippen LogP contribution in [0.25, 0.3) is 0 Å². The third-order valence-electron chi connectivity index (χ3n) is 8.31. The highest BCUT2D eigenvalue weighted by atomic mass is 28.4. The van der Waals surface area contributed by atoms with Crippen molar-refractivity contribution in [1.29, 1.82) is 0 Å². The van der Waals surface area contributed by atoms with E-state index < -0.39 is 26.1 Å². The van der Waals surface area contributed by atoms with Gasteiger partial charge >= 0.3 is 0 Å². The predicted molar refractivity (Wildman–Crippen MR) is 168 cm³/mol. The van der Waals surface area contributed by atoms with Crippen molar-refractivity contribution in [2.45, 2.75) is 64.6 Å². The molecule has 3 atom stereocenters. The second-order valence-electron chi connectivity index (χ2n) is 12.5. The topological polar surface area (TPSA) is 59.8 Å². The molecule has 2 heterocycles. The minimum atomic E-state index is -3.01. The number of hydrogen-bond donors (Lipinski definition) is 1. The van der Waals surface area contributed by atoms with E-state index in [0.29, 0.717) is 24.3 Å². The van der Waals surface area contributed by atoms with Crippen LogP contribution in [-0.2, 0) is 22.8 Å². The summed E-state index contributed by atoms with van der Waals surface area (Å²) < 4.78 is 46.9. The van der Waals surface area contributed by atoms with Crippen molar-refractivity contribution in [3.05, 3.63) is 108 Å². The van der Waals surface area contributed by atoms with Crippen LogP contribution in [0.2, 0.25) is 5.04 Å². The molecule has 1 aliphatic heterocycles. The first kappa shape index (κ1) is 31.1. The van der Waals surface area contributed by atoms with Crippen molar-refractivity contribution < 1.29 is 23.1 Å². The molecule has 0 bridgehead atoms. The summed E-state index contributed by atoms with van der Waals surface area (Å²) in [4.78, 5) is 5.91. The van der Waals surface area contributed by atoms with E-state index in [1.807, 2.05) is 55.1 Å². The molecule has 0 saturated carbocycles. The van der Waals surface area contributed by atoms with Gasteiger partial charge in [0, 0.05) is 31.3 Å². The van der Waals surface area contributed by atoms with Crippen molar-refractivity contribution >= 4 is 24.4 Å². The molecule has 43 heavy (non-hydrogen) atoms. The average Bonchev–Trinajstić information content (AvgIpc) is 3.40. The third kappa shape index (κ3) is 5.91. The molecule has 1 saturated heterocycles. The number of hydrogen-bond acceptors (Lipinski definition) is 5. The molecular weight excluding hydrogens is 564 g/mol. The van der Waals surface area contributed by atoms with Crippen LogP contribution in [0.4, 0.5) is 14.5 Å². The van der Waals surface area contributed by atoms with Crippen molar-refractivity contribution in [1.82, 2.24) is 9.55 Å². The Kier molecular flexibility index (Phi) is 8.90. The molecule has 1 unspecified atom stereocenters. The first-order chi connectivity index (χ1) is 20.4. The monoisotopic (exact) mass is 605 g/mol. The molecule has 6 nitrogen and oxygen atoms in total. The highest BCUT2D eigenvalue weighted by molar-refractivity contribution is 6.99. The molecule has 0 spiro atoms. The Morgan fingerprint density at radius 2 is 1.53 bits per heavy atom. The predicted octanol–water partition coefficient (Wildman–Crippen LogP) is 5.47. The summed E-state index contributed by atoms with van der Waals surface area (Å²) in [6.07, 6.45) is 1.22. The highest BCUT2D eigenvalue weighted by Gasteiger charge is 2.50. The van der Waals surface area contributed by atoms with Crippen molar-refractivity contribution in [3.63, 3.8) is 0 Å². The minimum Gasteiger partial charge on any atom is -0.403 e. The van der Waals surface area contributed by atoms with Gasteiger partial charge in [0.25, 0.3) is 8.32 Å². The van der Waals surface area contributed by atoms with E-state index in [-0.39, 0.29) is 35.1 Å². The van der Waals surface area contributed by atoms with Crippen molar-refractivity contribution in [2.75, 3.05) is 18.0 Å². The van der Waals surface area contributed by atoms with E-state index in [1.165, 1.54) is 12.5 Å². The van der Waals surface area contributed by atoms with Crippen molar-refractivity contribution in [3.8, 4) is 0 Å². The number of rotatable bonds is 8. The molecule has 228 valence electrons. The molecule has 1 N–H and O–H groups in total. The Labute approximate surface area is 254 Å². The summed E-state index contributed by atoms with van der Waals surface area (Å²) in [5.41, 5.74) is 0.835. The lowest BCUT2D eigenvalue weighted by Crippen LogP contribution is -2.66. The zero-order valence-electron chi connectivity index (χ0n) is 25.7. The number of aryl methyl sites for hydroxylation is 1. The number of aliphatic hydroxyl groups excluding tert-OH is 1. The lowest BCUT2D eigenvalue weighted by Gasteiger charge is -2.43. The van der Waals surface area contributed by atoms with Crippen LogP contribution in [0.1, 0.15) is 57.5 Å². The summed E-state index contributed by atoms with van der Waals surface area (Å²) in [6, 6.07) is 22.0. The third-order valence-corrected chi connectivity index (χ3v) is 13.3. The van der Waals surface area contributed by atoms with Crippen LogP contribution < -0.4 is 15.3 Å². The fourth-order valence-corrected chi connectivity index (χ4v) is 11.0. The van der Waals surface area contributed by atoms with Crippen LogP contribution in [0, 0.1) is 11.6 Å². The van der Waals surface area contributed by atoms with E-state index in [9.17, 15) is 5.11 Å². The van der Waals surface area contributed by atoms with E-state index in [0.717, 1.165) is 10.4 Å².